The van der Waals surface area contributed by atoms with Crippen LogP contribution in [0.1, 0.15) is 68.7 Å². The number of aromatic hydroxyl groups is 1. The molecule has 5 rings (SSSR count). The van der Waals surface area contributed by atoms with Gasteiger partial charge in [0.1, 0.15) is 0 Å². The van der Waals surface area contributed by atoms with Gasteiger partial charge in [0.2, 0.25) is 11.7 Å². The van der Waals surface area contributed by atoms with Crippen LogP contribution in [0.5, 0.6) is 11.5 Å². The first-order valence-electron chi connectivity index (χ1n) is 14.4. The second kappa shape index (κ2) is 10.9. The Hall–Kier alpha value is -3.21. The third kappa shape index (κ3) is 4.47. The standard InChI is InChI=1S/C31H42N4O6/c1-8-17-10-18-13-35-21(25(34(18)5)24-19(17)9-14(2)29(40-6)28(24)38)11-20-23(22(35)12-33-31(39)16(4)32)27(37)30(41-7)15(3)26(20)36/h9,16-18,21-22,25,38H,8,10-13,32H2,1-7H3,(H,33,39). The number of benzene rings is 1. The van der Waals surface area contributed by atoms with Gasteiger partial charge in [0.25, 0.3) is 0 Å². The van der Waals surface area contributed by atoms with Crippen molar-refractivity contribution in [2.75, 3.05) is 34.4 Å². The van der Waals surface area contributed by atoms with Gasteiger partial charge in [-0.1, -0.05) is 13.0 Å². The van der Waals surface area contributed by atoms with Crippen LogP contribution in [0.3, 0.4) is 0 Å². The first-order chi connectivity index (χ1) is 19.5. The van der Waals surface area contributed by atoms with Gasteiger partial charge in [-0.3, -0.25) is 24.2 Å². The van der Waals surface area contributed by atoms with Crippen LogP contribution in [0, 0.1) is 6.92 Å². The summed E-state index contributed by atoms with van der Waals surface area (Å²) in [6, 6.07) is 0.461. The molecule has 3 heterocycles. The van der Waals surface area contributed by atoms with Crippen LogP contribution in [-0.2, 0) is 19.1 Å². The summed E-state index contributed by atoms with van der Waals surface area (Å²) in [6.45, 7) is 8.11. The van der Waals surface area contributed by atoms with E-state index in [-0.39, 0.29) is 65.1 Å². The van der Waals surface area contributed by atoms with Crippen molar-refractivity contribution in [1.82, 2.24) is 15.1 Å². The van der Waals surface area contributed by atoms with Gasteiger partial charge in [-0.2, -0.15) is 0 Å². The number of hydrogen-bond acceptors (Lipinski definition) is 9. The van der Waals surface area contributed by atoms with Crippen molar-refractivity contribution in [3.63, 3.8) is 0 Å². The Morgan fingerprint density at radius 3 is 2.54 bits per heavy atom. The van der Waals surface area contributed by atoms with Crippen LogP contribution in [0.2, 0.25) is 0 Å². The smallest absolute Gasteiger partial charge is 0.236 e. The van der Waals surface area contributed by atoms with Crippen molar-refractivity contribution >= 4 is 17.5 Å². The van der Waals surface area contributed by atoms with Gasteiger partial charge in [0, 0.05) is 47.5 Å². The summed E-state index contributed by atoms with van der Waals surface area (Å²) < 4.78 is 11.1. The highest BCUT2D eigenvalue weighted by Crippen LogP contribution is 2.54. The minimum Gasteiger partial charge on any atom is -0.504 e. The topological polar surface area (TPSA) is 134 Å². The molecule has 1 saturated heterocycles. The van der Waals surface area contributed by atoms with Crippen LogP contribution in [0.4, 0.5) is 0 Å². The van der Waals surface area contributed by atoms with E-state index in [4.69, 9.17) is 15.2 Å². The molecule has 41 heavy (non-hydrogen) atoms. The normalized spacial score (nSPS) is 28.9. The number of phenolic OH excluding ortho intramolecular Hbond substituents is 1. The summed E-state index contributed by atoms with van der Waals surface area (Å²) in [4.78, 5) is 44.8. The van der Waals surface area contributed by atoms with Crippen LogP contribution < -0.4 is 15.8 Å². The lowest BCUT2D eigenvalue weighted by Gasteiger charge is -2.55. The van der Waals surface area contributed by atoms with E-state index in [1.165, 1.54) is 7.11 Å². The van der Waals surface area contributed by atoms with Gasteiger partial charge in [0.05, 0.1) is 32.3 Å². The van der Waals surface area contributed by atoms with Crippen LogP contribution in [-0.4, -0.2) is 90.9 Å². The lowest BCUT2D eigenvalue weighted by molar-refractivity contribution is -0.124. The van der Waals surface area contributed by atoms with E-state index in [1.807, 2.05) is 6.92 Å². The summed E-state index contributed by atoms with van der Waals surface area (Å²) in [5.74, 6) is -0.00948. The number of methoxy groups -OCH3 is 2. The van der Waals surface area contributed by atoms with Crippen molar-refractivity contribution in [3.05, 3.63) is 45.2 Å². The van der Waals surface area contributed by atoms with Crippen molar-refractivity contribution in [2.24, 2.45) is 5.73 Å². The predicted molar refractivity (Wildman–Crippen MR) is 154 cm³/mol. The number of ether oxygens (including phenoxy) is 2. The van der Waals surface area contributed by atoms with Crippen molar-refractivity contribution in [2.45, 2.75) is 83.1 Å². The van der Waals surface area contributed by atoms with E-state index < -0.39 is 12.1 Å². The number of ketones is 2. The van der Waals surface area contributed by atoms with Gasteiger partial charge >= 0.3 is 0 Å². The Labute approximate surface area is 241 Å². The summed E-state index contributed by atoms with van der Waals surface area (Å²) in [5.41, 5.74) is 9.79. The molecule has 0 spiro atoms. The number of allylic oxidation sites excluding steroid dienone is 2. The molecule has 6 unspecified atom stereocenters. The predicted octanol–water partition coefficient (Wildman–Crippen LogP) is 2.24. The Bertz CT molecular complexity index is 1360. The van der Waals surface area contributed by atoms with Gasteiger partial charge in [-0.25, -0.2) is 0 Å². The van der Waals surface area contributed by atoms with Crippen molar-refractivity contribution in [1.29, 1.82) is 0 Å². The number of aryl methyl sites for hydroxylation is 1. The van der Waals surface area contributed by atoms with Crippen LogP contribution >= 0.6 is 0 Å². The minimum absolute atomic E-state index is 0.0523. The SMILES string of the molecule is CCC1CC2CN3C(CNC(=O)C(C)N)C4=C(CC3C(c3c1cc(C)c(OC)c3O)N2C)C(=O)C(C)=C(OC)C4=O. The molecule has 10 heteroatoms. The maximum Gasteiger partial charge on any atom is 0.236 e. The number of nitrogens with two attached hydrogens (primary N) is 1. The molecule has 222 valence electrons. The number of carbonyl (C=O) groups is 3. The molecular weight excluding hydrogens is 524 g/mol. The lowest BCUT2D eigenvalue weighted by atomic mass is 9.74. The van der Waals surface area contributed by atoms with Crippen molar-refractivity contribution < 1.29 is 29.0 Å². The molecule has 1 fully saturated rings. The van der Waals surface area contributed by atoms with E-state index in [1.54, 1.807) is 21.0 Å². The maximum absolute atomic E-state index is 13.8. The highest BCUT2D eigenvalue weighted by molar-refractivity contribution is 6.25. The Kier molecular flexibility index (Phi) is 7.78. The molecule has 10 nitrogen and oxygen atoms in total. The molecule has 1 aliphatic carbocycles. The summed E-state index contributed by atoms with van der Waals surface area (Å²) >= 11 is 0. The number of rotatable bonds is 6. The van der Waals surface area contributed by atoms with Crippen LogP contribution in [0.15, 0.2) is 28.5 Å². The molecule has 2 bridgehead atoms. The zero-order chi connectivity index (χ0) is 29.9. The molecule has 0 saturated carbocycles. The number of Topliss-reactive ketones (excluding diaryl/α,β-unsaturated/α-hetero) is 2. The highest BCUT2D eigenvalue weighted by atomic mass is 16.5. The number of carbonyl (C=O) groups excluding carboxylic acids is 3. The molecule has 1 aromatic rings. The largest absolute Gasteiger partial charge is 0.504 e. The Balaban J connectivity index is 1.70. The molecule has 1 amide bonds. The highest BCUT2D eigenvalue weighted by Gasteiger charge is 2.54. The molecule has 3 aliphatic heterocycles. The number of piperazine rings is 1. The fourth-order valence-corrected chi connectivity index (χ4v) is 7.62. The molecule has 4 aliphatic rings. The monoisotopic (exact) mass is 566 g/mol. The second-order valence-corrected chi connectivity index (χ2v) is 11.9. The lowest BCUT2D eigenvalue weighted by Crippen LogP contribution is -2.65. The number of hydrogen-bond donors (Lipinski definition) is 3. The Morgan fingerprint density at radius 1 is 1.22 bits per heavy atom. The average molecular weight is 567 g/mol. The van der Waals surface area contributed by atoms with Gasteiger partial charge < -0.3 is 25.6 Å². The second-order valence-electron chi connectivity index (χ2n) is 11.9. The molecule has 0 aromatic heterocycles. The average Bonchev–Trinajstić information content (AvgIpc) is 3.00. The van der Waals surface area contributed by atoms with E-state index in [2.05, 4.69) is 35.2 Å². The quantitative estimate of drug-likeness (QED) is 0.443. The first-order valence-corrected chi connectivity index (χ1v) is 14.4. The fraction of sp³-hybridized carbons (Fsp3) is 0.581. The summed E-state index contributed by atoms with van der Waals surface area (Å²) in [7, 11) is 5.04. The summed E-state index contributed by atoms with van der Waals surface area (Å²) in [6.07, 6.45) is 2.10. The van der Waals surface area contributed by atoms with Gasteiger partial charge in [-0.15, -0.1) is 0 Å². The molecule has 4 N–H and O–H groups in total. The maximum atomic E-state index is 13.8. The zero-order valence-electron chi connectivity index (χ0n) is 25.0. The summed E-state index contributed by atoms with van der Waals surface area (Å²) in [5, 5.41) is 14.6. The Morgan fingerprint density at radius 2 is 1.93 bits per heavy atom. The fourth-order valence-electron chi connectivity index (χ4n) is 7.62. The molecular formula is C31H42N4O6. The van der Waals surface area contributed by atoms with E-state index in [0.29, 0.717) is 29.9 Å². The third-order valence-corrected chi connectivity index (χ3v) is 9.69. The van der Waals surface area contributed by atoms with E-state index >= 15 is 0 Å². The number of likely N-dealkylation sites (N-methyl/N-ethyl adjacent to an activating group) is 1. The zero-order valence-corrected chi connectivity index (χ0v) is 25.0. The van der Waals surface area contributed by atoms with Gasteiger partial charge in [-0.05, 0) is 64.1 Å². The number of nitrogens with one attached hydrogen (secondary N) is 1. The molecule has 0 radical (unpaired) electrons. The number of nitrogens with zero attached hydrogens (tertiary/aromatic N) is 2. The third-order valence-electron chi connectivity index (χ3n) is 9.69. The van der Waals surface area contributed by atoms with Gasteiger partial charge in [0.15, 0.2) is 23.0 Å². The number of fused-ring (bicyclic) bond motifs is 6. The van der Waals surface area contributed by atoms with Crippen LogP contribution in [0.25, 0.3) is 0 Å². The van der Waals surface area contributed by atoms with E-state index in [0.717, 1.165) is 29.5 Å². The molecule has 1 aromatic carbocycles. The first kappa shape index (κ1) is 29.3. The van der Waals surface area contributed by atoms with E-state index in [9.17, 15) is 19.5 Å². The number of phenols is 1. The minimum atomic E-state index is -0.719. The number of amides is 1. The van der Waals surface area contributed by atoms with Crippen molar-refractivity contribution in [3.8, 4) is 11.5 Å². The molecule has 6 atom stereocenters.